The number of H-pyrrole nitrogens is 1. The number of hydrogen-bond donors (Lipinski definition) is 1. The van der Waals surface area contributed by atoms with Crippen molar-refractivity contribution in [2.75, 3.05) is 13.7 Å². The number of esters is 1. The van der Waals surface area contributed by atoms with Gasteiger partial charge in [-0.2, -0.15) is 0 Å². The van der Waals surface area contributed by atoms with Crippen LogP contribution in [-0.2, 0) is 22.4 Å². The number of pyridine rings is 1. The first-order valence-electron chi connectivity index (χ1n) is 11.2. The quantitative estimate of drug-likeness (QED) is 0.471. The molecule has 1 aliphatic heterocycles. The minimum absolute atomic E-state index is 0.0865. The van der Waals surface area contributed by atoms with E-state index in [0.717, 1.165) is 68.8 Å². The van der Waals surface area contributed by atoms with Gasteiger partial charge in [-0.15, -0.1) is 0 Å². The minimum Gasteiger partial charge on any atom is -0.493 e. The second-order valence-electron chi connectivity index (χ2n) is 9.61. The van der Waals surface area contributed by atoms with Gasteiger partial charge in [-0.25, -0.2) is 4.98 Å². The second kappa shape index (κ2) is 8.56. The predicted octanol–water partition coefficient (Wildman–Crippen LogP) is 6.03. The zero-order valence-corrected chi connectivity index (χ0v) is 21.1. The lowest BCUT2D eigenvalue weighted by molar-refractivity contribution is -0.139. The van der Waals surface area contributed by atoms with E-state index in [9.17, 15) is 4.79 Å². The number of methoxy groups -OCH3 is 1. The average Bonchev–Trinajstić information content (AvgIpc) is 3.01. The molecule has 33 heavy (non-hydrogen) atoms. The molecule has 1 N–H and O–H groups in total. The fourth-order valence-electron chi connectivity index (χ4n) is 4.45. The van der Waals surface area contributed by atoms with Gasteiger partial charge in [-0.05, 0) is 65.5 Å². The average molecular weight is 471 g/mol. The van der Waals surface area contributed by atoms with Gasteiger partial charge in [-0.3, -0.25) is 4.79 Å². The number of fused-ring (bicyclic) bond motifs is 2. The van der Waals surface area contributed by atoms with E-state index < -0.39 is 5.60 Å². The lowest BCUT2D eigenvalue weighted by Gasteiger charge is -2.28. The van der Waals surface area contributed by atoms with Gasteiger partial charge >= 0.3 is 5.97 Å². The summed E-state index contributed by atoms with van der Waals surface area (Å²) in [7, 11) is 1.40. The second-order valence-corrected chi connectivity index (χ2v) is 9.99. The van der Waals surface area contributed by atoms with Crippen LogP contribution in [0.1, 0.15) is 55.3 Å². The lowest BCUT2D eigenvalue weighted by atomic mass is 9.89. The molecule has 0 amide bonds. The first-order valence-corrected chi connectivity index (χ1v) is 11.6. The third-order valence-corrected chi connectivity index (χ3v) is 6.50. The van der Waals surface area contributed by atoms with Crippen LogP contribution in [0.15, 0.2) is 6.07 Å². The molecule has 0 atom stereocenters. The van der Waals surface area contributed by atoms with Crippen molar-refractivity contribution in [2.24, 2.45) is 0 Å². The highest BCUT2D eigenvalue weighted by molar-refractivity contribution is 6.35. The summed E-state index contributed by atoms with van der Waals surface area (Å²) in [6.45, 7) is 12.6. The van der Waals surface area contributed by atoms with Gasteiger partial charge in [-0.1, -0.05) is 11.6 Å². The third-order valence-electron chi connectivity index (χ3n) is 6.08. The Morgan fingerprint density at radius 3 is 2.64 bits per heavy atom. The first kappa shape index (κ1) is 23.4. The van der Waals surface area contributed by atoms with Crippen molar-refractivity contribution in [1.29, 1.82) is 0 Å². The number of benzene rings is 1. The number of ether oxygens (including phenoxy) is 3. The lowest BCUT2D eigenvalue weighted by Crippen LogP contribution is -2.24. The van der Waals surface area contributed by atoms with Gasteiger partial charge in [0.1, 0.15) is 22.7 Å². The van der Waals surface area contributed by atoms with Gasteiger partial charge in [0, 0.05) is 39.5 Å². The highest BCUT2D eigenvalue weighted by Crippen LogP contribution is 2.49. The molecule has 0 saturated carbocycles. The summed E-state index contributed by atoms with van der Waals surface area (Å²) < 4.78 is 17.4. The fourth-order valence-corrected chi connectivity index (χ4v) is 4.82. The SMILES string of the molecule is COC(=O)Cc1c(C)nc2[nH]c(C)c(C)c2c1-c1c(OC(C)(C)C)cc2c(c1Cl)CCCO2. The molecule has 0 aliphatic carbocycles. The van der Waals surface area contributed by atoms with Crippen molar-refractivity contribution < 1.29 is 19.0 Å². The summed E-state index contributed by atoms with van der Waals surface area (Å²) in [4.78, 5) is 20.6. The molecule has 0 saturated heterocycles. The number of aryl methyl sites for hydroxylation is 3. The molecule has 1 aliphatic rings. The number of nitrogens with zero attached hydrogens (tertiary/aromatic N) is 1. The molecule has 7 heteroatoms. The summed E-state index contributed by atoms with van der Waals surface area (Å²) in [5, 5.41) is 1.54. The largest absolute Gasteiger partial charge is 0.493 e. The Morgan fingerprint density at radius 2 is 1.97 bits per heavy atom. The summed E-state index contributed by atoms with van der Waals surface area (Å²) in [5.74, 6) is 1.05. The Kier molecular flexibility index (Phi) is 6.08. The van der Waals surface area contributed by atoms with Crippen molar-refractivity contribution in [3.63, 3.8) is 0 Å². The van der Waals surface area contributed by atoms with E-state index in [1.165, 1.54) is 7.11 Å². The normalized spacial score (nSPS) is 13.6. The molecule has 4 rings (SSSR count). The van der Waals surface area contributed by atoms with Crippen molar-refractivity contribution in [2.45, 2.75) is 66.4 Å². The maximum atomic E-state index is 12.4. The smallest absolute Gasteiger partial charge is 0.310 e. The Labute approximate surface area is 199 Å². The summed E-state index contributed by atoms with van der Waals surface area (Å²) in [5.41, 5.74) is 6.51. The van der Waals surface area contributed by atoms with Gasteiger partial charge in [0.05, 0.1) is 25.2 Å². The maximum Gasteiger partial charge on any atom is 0.310 e. The molecule has 3 heterocycles. The van der Waals surface area contributed by atoms with Crippen LogP contribution in [0.25, 0.3) is 22.2 Å². The van der Waals surface area contributed by atoms with Crippen LogP contribution in [0.3, 0.4) is 0 Å². The van der Waals surface area contributed by atoms with Crippen LogP contribution in [0.2, 0.25) is 5.02 Å². The van der Waals surface area contributed by atoms with Gasteiger partial charge < -0.3 is 19.2 Å². The number of hydrogen-bond acceptors (Lipinski definition) is 5. The minimum atomic E-state index is -0.464. The number of nitrogens with one attached hydrogen (secondary N) is 1. The van der Waals surface area contributed by atoms with Crippen LogP contribution >= 0.6 is 11.6 Å². The van der Waals surface area contributed by atoms with Crippen molar-refractivity contribution in [3.05, 3.63) is 39.2 Å². The molecule has 0 fully saturated rings. The monoisotopic (exact) mass is 470 g/mol. The molecule has 1 aromatic carbocycles. The number of halogens is 1. The molecular weight excluding hydrogens is 440 g/mol. The Bertz CT molecular complexity index is 1250. The molecule has 3 aromatic rings. The standard InChI is InChI=1S/C26H31ClN2O4/c1-13-14(2)28-25-21(13)22(17(15(3)29-25)11-20(30)31-7)23-19(33-26(4,5)6)12-18-16(24(23)27)9-8-10-32-18/h12H,8-11H2,1-7H3,(H,28,29). The third kappa shape index (κ3) is 4.29. The summed E-state index contributed by atoms with van der Waals surface area (Å²) in [6, 6.07) is 1.94. The van der Waals surface area contributed by atoms with Crippen LogP contribution < -0.4 is 9.47 Å². The van der Waals surface area contributed by atoms with Crippen LogP contribution in [0, 0.1) is 20.8 Å². The number of rotatable bonds is 4. The Morgan fingerprint density at radius 1 is 1.24 bits per heavy atom. The van der Waals surface area contributed by atoms with Crippen molar-refractivity contribution >= 4 is 28.6 Å². The molecule has 176 valence electrons. The van der Waals surface area contributed by atoms with Gasteiger partial charge in [0.2, 0.25) is 0 Å². The molecular formula is C26H31ClN2O4. The number of aromatic nitrogens is 2. The van der Waals surface area contributed by atoms with E-state index in [2.05, 4.69) is 11.9 Å². The number of aromatic amines is 1. The van der Waals surface area contributed by atoms with Crippen molar-refractivity contribution in [3.8, 4) is 22.6 Å². The zero-order chi connectivity index (χ0) is 24.1. The van der Waals surface area contributed by atoms with E-state index in [-0.39, 0.29) is 12.4 Å². The van der Waals surface area contributed by atoms with Crippen LogP contribution in [0.4, 0.5) is 0 Å². The van der Waals surface area contributed by atoms with Crippen LogP contribution in [0.5, 0.6) is 11.5 Å². The topological polar surface area (TPSA) is 73.4 Å². The van der Waals surface area contributed by atoms with E-state index in [1.807, 2.05) is 40.7 Å². The zero-order valence-electron chi connectivity index (χ0n) is 20.4. The molecule has 0 bridgehead atoms. The Balaban J connectivity index is 2.15. The summed E-state index contributed by atoms with van der Waals surface area (Å²) in [6.07, 6.45) is 1.80. The maximum absolute atomic E-state index is 12.4. The van der Waals surface area contributed by atoms with Crippen molar-refractivity contribution in [1.82, 2.24) is 9.97 Å². The molecule has 0 radical (unpaired) electrons. The molecule has 2 aromatic heterocycles. The fraction of sp³-hybridized carbons (Fsp3) is 0.462. The van der Waals surface area contributed by atoms with E-state index in [1.54, 1.807) is 0 Å². The summed E-state index contributed by atoms with van der Waals surface area (Å²) >= 11 is 7.14. The van der Waals surface area contributed by atoms with E-state index in [4.69, 9.17) is 30.8 Å². The van der Waals surface area contributed by atoms with E-state index in [0.29, 0.717) is 17.4 Å². The number of carbonyl (C=O) groups is 1. The van der Waals surface area contributed by atoms with Gasteiger partial charge in [0.25, 0.3) is 0 Å². The highest BCUT2D eigenvalue weighted by atomic mass is 35.5. The van der Waals surface area contributed by atoms with Crippen LogP contribution in [-0.4, -0.2) is 35.3 Å². The van der Waals surface area contributed by atoms with E-state index >= 15 is 0 Å². The molecule has 0 unspecified atom stereocenters. The number of carbonyl (C=O) groups excluding carboxylic acids is 1. The first-order chi connectivity index (χ1) is 15.5. The Hall–Kier alpha value is -2.73. The predicted molar refractivity (Wildman–Crippen MR) is 131 cm³/mol. The molecule has 6 nitrogen and oxygen atoms in total. The molecule has 0 spiro atoms. The van der Waals surface area contributed by atoms with Gasteiger partial charge in [0.15, 0.2) is 0 Å². The highest BCUT2D eigenvalue weighted by Gasteiger charge is 2.30.